The number of nitrogens with one attached hydrogen (secondary N) is 1. The lowest BCUT2D eigenvalue weighted by molar-refractivity contribution is -0.113. The monoisotopic (exact) mass is 476 g/mol. The quantitative estimate of drug-likeness (QED) is 0.400. The number of benzene rings is 2. The number of carbonyl (C=O) groups is 1. The van der Waals surface area contributed by atoms with Crippen LogP contribution < -0.4 is 5.32 Å². The van der Waals surface area contributed by atoms with Crippen LogP contribution in [0.5, 0.6) is 0 Å². The van der Waals surface area contributed by atoms with E-state index in [4.69, 9.17) is 16.6 Å². The Hall–Kier alpha value is -2.26. The molecule has 154 valence electrons. The fraction of sp³-hybridized carbons (Fsp3) is 0.143. The van der Waals surface area contributed by atoms with Crippen LogP contribution in [0.25, 0.3) is 20.8 Å². The van der Waals surface area contributed by atoms with E-state index < -0.39 is 21.5 Å². The third-order valence-corrected chi connectivity index (χ3v) is 8.70. The van der Waals surface area contributed by atoms with Crippen molar-refractivity contribution in [2.75, 3.05) is 11.1 Å². The molecule has 0 fully saturated rings. The van der Waals surface area contributed by atoms with Crippen LogP contribution in [-0.2, 0) is 14.6 Å². The fourth-order valence-corrected chi connectivity index (χ4v) is 6.49. The van der Waals surface area contributed by atoms with Gasteiger partial charge in [-0.15, -0.1) is 22.7 Å². The number of thiophene rings is 1. The van der Waals surface area contributed by atoms with E-state index in [1.54, 1.807) is 11.3 Å². The Morgan fingerprint density at radius 1 is 1.07 bits per heavy atom. The van der Waals surface area contributed by atoms with Gasteiger partial charge >= 0.3 is 0 Å². The maximum absolute atomic E-state index is 12.6. The highest BCUT2D eigenvalue weighted by atomic mass is 35.5. The molecule has 0 saturated heterocycles. The first-order chi connectivity index (χ1) is 14.2. The lowest BCUT2D eigenvalue weighted by Crippen LogP contribution is -2.22. The molecule has 0 aliphatic rings. The molecule has 0 atom stereocenters. The van der Waals surface area contributed by atoms with Gasteiger partial charge in [-0.3, -0.25) is 4.79 Å². The molecule has 1 amide bonds. The van der Waals surface area contributed by atoms with Crippen molar-refractivity contribution in [3.05, 3.63) is 64.0 Å². The molecule has 2 aromatic carbocycles. The Labute approximate surface area is 187 Å². The second kappa shape index (κ2) is 8.11. The molecule has 0 aliphatic heterocycles. The zero-order valence-electron chi connectivity index (χ0n) is 16.1. The average molecular weight is 477 g/mol. The number of nitrogens with zero attached hydrogens (tertiary/aromatic N) is 1. The van der Waals surface area contributed by atoms with E-state index in [1.165, 1.54) is 35.6 Å². The minimum Gasteiger partial charge on any atom is -0.316 e. The van der Waals surface area contributed by atoms with Gasteiger partial charge in [-0.25, -0.2) is 13.4 Å². The van der Waals surface area contributed by atoms with Crippen LogP contribution in [0.3, 0.4) is 0 Å². The van der Waals surface area contributed by atoms with Crippen molar-refractivity contribution in [1.82, 2.24) is 4.98 Å². The van der Waals surface area contributed by atoms with E-state index in [2.05, 4.69) is 5.32 Å². The number of thiazole rings is 1. The lowest BCUT2D eigenvalue weighted by atomic mass is 10.1. The Morgan fingerprint density at radius 3 is 2.47 bits per heavy atom. The van der Waals surface area contributed by atoms with E-state index in [9.17, 15) is 13.2 Å². The second-order valence-corrected chi connectivity index (χ2v) is 11.4. The predicted molar refractivity (Wildman–Crippen MR) is 125 cm³/mol. The van der Waals surface area contributed by atoms with Gasteiger partial charge in [0.25, 0.3) is 0 Å². The van der Waals surface area contributed by atoms with Crippen LogP contribution in [0, 0.1) is 13.8 Å². The molecule has 2 aromatic heterocycles. The highest BCUT2D eigenvalue weighted by molar-refractivity contribution is 7.92. The molecule has 5 nitrogen and oxygen atoms in total. The zero-order chi connectivity index (χ0) is 21.5. The Kier molecular flexibility index (Phi) is 5.67. The third-order valence-electron chi connectivity index (χ3n) is 4.64. The zero-order valence-corrected chi connectivity index (χ0v) is 19.3. The topological polar surface area (TPSA) is 76.1 Å². The molecule has 0 radical (unpaired) electrons. The number of halogens is 1. The summed E-state index contributed by atoms with van der Waals surface area (Å²) in [4.78, 5) is 18.4. The van der Waals surface area contributed by atoms with E-state index >= 15 is 0 Å². The van der Waals surface area contributed by atoms with Crippen LogP contribution in [0.15, 0.2) is 53.4 Å². The number of aromatic nitrogens is 1. The number of carbonyl (C=O) groups excluding carboxylic acids is 1. The summed E-state index contributed by atoms with van der Waals surface area (Å²) in [5, 5.41) is 4.64. The largest absolute Gasteiger partial charge is 0.316 e. The summed E-state index contributed by atoms with van der Waals surface area (Å²) in [6, 6.07) is 13.6. The molecule has 0 saturated carbocycles. The highest BCUT2D eigenvalue weighted by Crippen LogP contribution is 2.43. The molecular formula is C21H17ClN2O3S3. The minimum atomic E-state index is -3.78. The van der Waals surface area contributed by atoms with Crippen LogP contribution >= 0.6 is 34.3 Å². The molecular weight excluding hydrogens is 460 g/mol. The van der Waals surface area contributed by atoms with Crippen LogP contribution in [0.2, 0.25) is 5.02 Å². The van der Waals surface area contributed by atoms with Crippen LogP contribution in [0.1, 0.15) is 10.4 Å². The van der Waals surface area contributed by atoms with E-state index in [0.717, 1.165) is 31.2 Å². The summed E-state index contributed by atoms with van der Waals surface area (Å²) < 4.78 is 26.2. The summed E-state index contributed by atoms with van der Waals surface area (Å²) in [6.07, 6.45) is 0. The maximum Gasteiger partial charge on any atom is 0.240 e. The molecule has 2 heterocycles. The number of fused-ring (bicyclic) bond motifs is 1. The first-order valence-corrected chi connectivity index (χ1v) is 12.6. The predicted octanol–water partition coefficient (Wildman–Crippen LogP) is 5.71. The molecule has 0 aliphatic carbocycles. The Morgan fingerprint density at radius 2 is 1.77 bits per heavy atom. The number of hydrogen-bond donors (Lipinski definition) is 1. The first kappa shape index (κ1) is 21.0. The summed E-state index contributed by atoms with van der Waals surface area (Å²) in [6.45, 7) is 3.95. The van der Waals surface area contributed by atoms with Gasteiger partial charge in [0, 0.05) is 15.5 Å². The standard InChI is InChI=1S/C21H17ClN2O3S3/c1-12-13(2)28-21(19(12)20-23-16-5-3-4-6-17(16)29-20)24-18(25)11-30(26,27)15-9-7-14(22)8-10-15/h3-10H,11H2,1-2H3,(H,24,25). The molecule has 30 heavy (non-hydrogen) atoms. The van der Waals surface area contributed by atoms with Crippen molar-refractivity contribution < 1.29 is 13.2 Å². The SMILES string of the molecule is Cc1sc(NC(=O)CS(=O)(=O)c2ccc(Cl)cc2)c(-c2nc3ccccc3s2)c1C. The number of hydrogen-bond acceptors (Lipinski definition) is 6. The average Bonchev–Trinajstić information content (AvgIpc) is 3.22. The molecule has 9 heteroatoms. The van der Waals surface area contributed by atoms with Crippen molar-refractivity contribution in [2.45, 2.75) is 18.7 Å². The Balaban J connectivity index is 1.63. The number of sulfone groups is 1. The van der Waals surface area contributed by atoms with Gasteiger partial charge in [0.05, 0.1) is 15.1 Å². The van der Waals surface area contributed by atoms with Gasteiger partial charge in [0.15, 0.2) is 9.84 Å². The van der Waals surface area contributed by atoms with E-state index in [-0.39, 0.29) is 4.90 Å². The van der Waals surface area contributed by atoms with Gasteiger partial charge < -0.3 is 5.32 Å². The second-order valence-electron chi connectivity index (χ2n) is 6.74. The molecule has 0 spiro atoms. The number of aryl methyl sites for hydroxylation is 1. The van der Waals surface area contributed by atoms with Crippen molar-refractivity contribution in [3.63, 3.8) is 0 Å². The van der Waals surface area contributed by atoms with Crippen molar-refractivity contribution in [1.29, 1.82) is 0 Å². The van der Waals surface area contributed by atoms with Crippen molar-refractivity contribution in [3.8, 4) is 10.6 Å². The van der Waals surface area contributed by atoms with Crippen molar-refractivity contribution >= 4 is 65.2 Å². The normalized spacial score (nSPS) is 11.7. The summed E-state index contributed by atoms with van der Waals surface area (Å²) in [7, 11) is -3.78. The third kappa shape index (κ3) is 4.13. The molecule has 4 rings (SSSR count). The number of amides is 1. The van der Waals surface area contributed by atoms with Crippen molar-refractivity contribution in [2.24, 2.45) is 0 Å². The lowest BCUT2D eigenvalue weighted by Gasteiger charge is -2.07. The van der Waals surface area contributed by atoms with Gasteiger partial charge in [-0.1, -0.05) is 23.7 Å². The van der Waals surface area contributed by atoms with Crippen LogP contribution in [-0.4, -0.2) is 25.1 Å². The van der Waals surface area contributed by atoms with E-state index in [1.807, 2.05) is 38.1 Å². The number of para-hydroxylation sites is 1. The smallest absolute Gasteiger partial charge is 0.240 e. The first-order valence-electron chi connectivity index (χ1n) is 8.99. The van der Waals surface area contributed by atoms with E-state index in [0.29, 0.717) is 10.0 Å². The summed E-state index contributed by atoms with van der Waals surface area (Å²) in [5.41, 5.74) is 2.76. The summed E-state index contributed by atoms with van der Waals surface area (Å²) >= 11 is 8.78. The molecule has 1 N–H and O–H groups in total. The molecule has 0 unspecified atom stereocenters. The van der Waals surface area contributed by atoms with Gasteiger partial charge in [0.1, 0.15) is 15.8 Å². The summed E-state index contributed by atoms with van der Waals surface area (Å²) in [5.74, 6) is -1.24. The van der Waals surface area contributed by atoms with Gasteiger partial charge in [0.2, 0.25) is 5.91 Å². The van der Waals surface area contributed by atoms with Gasteiger partial charge in [-0.05, 0) is 55.8 Å². The number of anilines is 1. The number of rotatable bonds is 5. The fourth-order valence-electron chi connectivity index (χ4n) is 3.01. The molecule has 4 aromatic rings. The highest BCUT2D eigenvalue weighted by Gasteiger charge is 2.23. The maximum atomic E-state index is 12.6. The van der Waals surface area contributed by atoms with Gasteiger partial charge in [-0.2, -0.15) is 0 Å². The Bertz CT molecular complexity index is 1320. The van der Waals surface area contributed by atoms with Crippen LogP contribution in [0.4, 0.5) is 5.00 Å². The molecule has 0 bridgehead atoms. The minimum absolute atomic E-state index is 0.0620.